The van der Waals surface area contributed by atoms with Gasteiger partial charge in [0.25, 0.3) is 11.6 Å². The average Bonchev–Trinajstić information content (AvgIpc) is 3.14. The fraction of sp³-hybridized carbons (Fsp3) is 0.250. The van der Waals surface area contributed by atoms with E-state index in [1.54, 1.807) is 6.07 Å². The van der Waals surface area contributed by atoms with Crippen LogP contribution in [0.2, 0.25) is 5.02 Å². The normalized spacial score (nSPS) is 12.5. The Kier molecular flexibility index (Phi) is 5.00. The van der Waals surface area contributed by atoms with Crippen molar-refractivity contribution in [1.82, 2.24) is 0 Å². The monoisotopic (exact) mass is 380 g/mol. The number of amides is 1. The van der Waals surface area contributed by atoms with Gasteiger partial charge in [0.05, 0.1) is 4.92 Å². The summed E-state index contributed by atoms with van der Waals surface area (Å²) in [5.41, 5.74) is 0.823. The minimum atomic E-state index is -0.678. The highest BCUT2D eigenvalue weighted by atomic mass is 35.5. The third-order valence-corrected chi connectivity index (χ3v) is 5.16. The SMILES string of the molecule is O=C(COC(=O)c1cc2c(s1)CCC2)Nc1cc(Cl)ccc1[N+](=O)[O-]. The number of carbonyl (C=O) groups excluding carboxylic acids is 2. The van der Waals surface area contributed by atoms with Gasteiger partial charge in [-0.25, -0.2) is 4.79 Å². The van der Waals surface area contributed by atoms with Gasteiger partial charge in [0.2, 0.25) is 0 Å². The Morgan fingerprint density at radius 1 is 1.32 bits per heavy atom. The molecule has 2 aromatic rings. The van der Waals surface area contributed by atoms with Crippen LogP contribution in [-0.2, 0) is 22.4 Å². The molecule has 1 aliphatic rings. The predicted octanol–water partition coefficient (Wildman–Crippen LogP) is 3.59. The minimum Gasteiger partial charge on any atom is -0.451 e. The molecule has 3 rings (SSSR count). The van der Waals surface area contributed by atoms with Crippen molar-refractivity contribution in [3.8, 4) is 0 Å². The lowest BCUT2D eigenvalue weighted by Gasteiger charge is -2.07. The molecule has 0 aliphatic heterocycles. The number of esters is 1. The summed E-state index contributed by atoms with van der Waals surface area (Å²) >= 11 is 7.17. The number of nitro groups is 1. The van der Waals surface area contributed by atoms with Gasteiger partial charge in [0, 0.05) is 16.0 Å². The molecule has 1 aromatic heterocycles. The van der Waals surface area contributed by atoms with Gasteiger partial charge in [0.1, 0.15) is 10.6 Å². The second kappa shape index (κ2) is 7.20. The van der Waals surface area contributed by atoms with Crippen molar-refractivity contribution in [2.75, 3.05) is 11.9 Å². The second-order valence-electron chi connectivity index (χ2n) is 5.46. The summed E-state index contributed by atoms with van der Waals surface area (Å²) in [6.07, 6.45) is 3.02. The van der Waals surface area contributed by atoms with Crippen molar-refractivity contribution in [1.29, 1.82) is 0 Å². The number of fused-ring (bicyclic) bond motifs is 1. The third kappa shape index (κ3) is 3.97. The summed E-state index contributed by atoms with van der Waals surface area (Å²) in [6.45, 7) is -0.537. The maximum Gasteiger partial charge on any atom is 0.348 e. The van der Waals surface area contributed by atoms with Crippen molar-refractivity contribution in [2.24, 2.45) is 0 Å². The van der Waals surface area contributed by atoms with Crippen molar-refractivity contribution in [3.63, 3.8) is 0 Å². The molecule has 130 valence electrons. The van der Waals surface area contributed by atoms with Crippen LogP contribution in [0.1, 0.15) is 26.5 Å². The van der Waals surface area contributed by atoms with E-state index >= 15 is 0 Å². The number of carbonyl (C=O) groups is 2. The second-order valence-corrected chi connectivity index (χ2v) is 7.03. The maximum absolute atomic E-state index is 12.0. The molecule has 0 atom stereocenters. The molecular formula is C16H13ClN2O5S. The van der Waals surface area contributed by atoms with E-state index in [0.717, 1.165) is 24.8 Å². The van der Waals surface area contributed by atoms with E-state index in [4.69, 9.17) is 16.3 Å². The first-order valence-corrected chi connectivity index (χ1v) is 8.66. The van der Waals surface area contributed by atoms with E-state index in [2.05, 4.69) is 5.32 Å². The zero-order valence-corrected chi connectivity index (χ0v) is 14.5. The number of nitro benzene ring substituents is 1. The molecule has 1 aromatic carbocycles. The van der Waals surface area contributed by atoms with E-state index in [9.17, 15) is 19.7 Å². The molecule has 0 radical (unpaired) electrons. The first-order chi connectivity index (χ1) is 11.9. The first kappa shape index (κ1) is 17.4. The number of hydrogen-bond acceptors (Lipinski definition) is 6. The van der Waals surface area contributed by atoms with Crippen LogP contribution < -0.4 is 5.32 Å². The van der Waals surface area contributed by atoms with Gasteiger partial charge in [-0.2, -0.15) is 0 Å². The number of aryl methyl sites for hydroxylation is 2. The van der Waals surface area contributed by atoms with Crippen LogP contribution in [0.3, 0.4) is 0 Å². The largest absolute Gasteiger partial charge is 0.451 e. The average molecular weight is 381 g/mol. The highest BCUT2D eigenvalue weighted by molar-refractivity contribution is 7.14. The van der Waals surface area contributed by atoms with E-state index in [0.29, 0.717) is 4.88 Å². The van der Waals surface area contributed by atoms with Crippen LogP contribution in [0.25, 0.3) is 0 Å². The van der Waals surface area contributed by atoms with Gasteiger partial charge >= 0.3 is 5.97 Å². The number of ether oxygens (including phenoxy) is 1. The van der Waals surface area contributed by atoms with Crippen LogP contribution >= 0.6 is 22.9 Å². The number of thiophene rings is 1. The topological polar surface area (TPSA) is 98.5 Å². The van der Waals surface area contributed by atoms with Gasteiger partial charge in [-0.3, -0.25) is 14.9 Å². The summed E-state index contributed by atoms with van der Waals surface area (Å²) in [7, 11) is 0. The lowest BCUT2D eigenvalue weighted by atomic mass is 10.2. The molecule has 0 bridgehead atoms. The highest BCUT2D eigenvalue weighted by Gasteiger charge is 2.21. The number of rotatable bonds is 5. The fourth-order valence-electron chi connectivity index (χ4n) is 2.59. The van der Waals surface area contributed by atoms with E-state index in [1.165, 1.54) is 34.4 Å². The van der Waals surface area contributed by atoms with E-state index < -0.39 is 23.4 Å². The molecule has 1 aliphatic carbocycles. The molecule has 1 amide bonds. The number of nitrogens with one attached hydrogen (secondary N) is 1. The van der Waals surface area contributed by atoms with Crippen molar-refractivity contribution >= 4 is 46.2 Å². The van der Waals surface area contributed by atoms with Gasteiger partial charge in [-0.15, -0.1) is 11.3 Å². The van der Waals surface area contributed by atoms with Crippen LogP contribution in [0, 0.1) is 10.1 Å². The summed E-state index contributed by atoms with van der Waals surface area (Å²) in [5, 5.41) is 13.5. The Labute approximate surface area is 151 Å². The molecule has 25 heavy (non-hydrogen) atoms. The molecule has 0 spiro atoms. The molecule has 0 unspecified atom stereocenters. The molecular weight excluding hydrogens is 368 g/mol. The van der Waals surface area contributed by atoms with Crippen LogP contribution in [0.5, 0.6) is 0 Å². The molecule has 0 saturated heterocycles. The van der Waals surface area contributed by atoms with Crippen molar-refractivity contribution in [2.45, 2.75) is 19.3 Å². The number of hydrogen-bond donors (Lipinski definition) is 1. The lowest BCUT2D eigenvalue weighted by molar-refractivity contribution is -0.383. The quantitative estimate of drug-likeness (QED) is 0.485. The van der Waals surface area contributed by atoms with Gasteiger partial charge in [-0.05, 0) is 43.0 Å². The first-order valence-electron chi connectivity index (χ1n) is 7.46. The van der Waals surface area contributed by atoms with Gasteiger partial charge in [0.15, 0.2) is 6.61 Å². The molecule has 0 fully saturated rings. The smallest absolute Gasteiger partial charge is 0.348 e. The zero-order valence-electron chi connectivity index (χ0n) is 12.9. The van der Waals surface area contributed by atoms with Crippen molar-refractivity contribution < 1.29 is 19.2 Å². The van der Waals surface area contributed by atoms with Crippen LogP contribution in [0.15, 0.2) is 24.3 Å². The standard InChI is InChI=1S/C16H13ClN2O5S/c17-10-4-5-12(19(22)23)11(7-10)18-15(20)8-24-16(21)14-6-9-2-1-3-13(9)25-14/h4-7H,1-3,8H2,(H,18,20). The van der Waals surface area contributed by atoms with E-state index in [-0.39, 0.29) is 16.4 Å². The predicted molar refractivity (Wildman–Crippen MR) is 93.4 cm³/mol. The lowest BCUT2D eigenvalue weighted by Crippen LogP contribution is -2.21. The Hall–Kier alpha value is -2.45. The fourth-order valence-corrected chi connectivity index (χ4v) is 3.91. The number of benzene rings is 1. The molecule has 1 heterocycles. The Morgan fingerprint density at radius 3 is 2.84 bits per heavy atom. The Morgan fingerprint density at radius 2 is 2.12 bits per heavy atom. The van der Waals surface area contributed by atoms with Gasteiger partial charge in [-0.1, -0.05) is 11.6 Å². The molecule has 7 nitrogen and oxygen atoms in total. The van der Waals surface area contributed by atoms with Crippen LogP contribution in [-0.4, -0.2) is 23.4 Å². The number of anilines is 1. The highest BCUT2D eigenvalue weighted by Crippen LogP contribution is 2.31. The summed E-state index contributed by atoms with van der Waals surface area (Å²) in [4.78, 5) is 35.9. The summed E-state index contributed by atoms with van der Waals surface area (Å²) in [5.74, 6) is -1.25. The van der Waals surface area contributed by atoms with E-state index in [1.807, 2.05) is 0 Å². The maximum atomic E-state index is 12.0. The Bertz CT molecular complexity index is 843. The zero-order chi connectivity index (χ0) is 18.0. The summed E-state index contributed by atoms with van der Waals surface area (Å²) in [6, 6.07) is 5.61. The van der Waals surface area contributed by atoms with Crippen LogP contribution in [0.4, 0.5) is 11.4 Å². The molecule has 0 saturated carbocycles. The third-order valence-electron chi connectivity index (χ3n) is 3.71. The molecule has 9 heteroatoms. The van der Waals surface area contributed by atoms with Gasteiger partial charge < -0.3 is 10.1 Å². The van der Waals surface area contributed by atoms with Crippen molar-refractivity contribution in [3.05, 3.63) is 54.7 Å². The number of halogens is 1. The summed E-state index contributed by atoms with van der Waals surface area (Å²) < 4.78 is 4.99. The Balaban J connectivity index is 1.60. The minimum absolute atomic E-state index is 0.0475. The number of nitrogens with zero attached hydrogens (tertiary/aromatic N) is 1. The molecule has 1 N–H and O–H groups in total.